The van der Waals surface area contributed by atoms with Crippen molar-refractivity contribution >= 4 is 23.6 Å². The summed E-state index contributed by atoms with van der Waals surface area (Å²) in [5.74, 6) is 0.540. The van der Waals surface area contributed by atoms with E-state index in [1.807, 2.05) is 24.0 Å². The van der Waals surface area contributed by atoms with E-state index in [1.165, 1.54) is 22.9 Å². The smallest absolute Gasteiger partial charge is 0.232 e. The first kappa shape index (κ1) is 21.9. The van der Waals surface area contributed by atoms with E-state index >= 15 is 0 Å². The molecule has 164 valence electrons. The van der Waals surface area contributed by atoms with Crippen LogP contribution in [0, 0.1) is 0 Å². The van der Waals surface area contributed by atoms with E-state index in [4.69, 9.17) is 0 Å². The molecule has 0 spiro atoms. The lowest BCUT2D eigenvalue weighted by atomic mass is 9.96. The zero-order valence-corrected chi connectivity index (χ0v) is 18.7. The summed E-state index contributed by atoms with van der Waals surface area (Å²) in [6, 6.07) is 21.5. The number of rotatable bonds is 6. The van der Waals surface area contributed by atoms with Crippen LogP contribution in [-0.4, -0.2) is 65.1 Å². The highest BCUT2D eigenvalue weighted by Crippen LogP contribution is 2.29. The van der Waals surface area contributed by atoms with Gasteiger partial charge in [0, 0.05) is 38.6 Å². The Morgan fingerprint density at radius 1 is 1.00 bits per heavy atom. The first-order valence-electron chi connectivity index (χ1n) is 10.9. The van der Waals surface area contributed by atoms with Gasteiger partial charge >= 0.3 is 0 Å². The normalized spacial score (nSPS) is 22.4. The standard InChI is InChI=1S/C24H30N4O2S/c1-18-16-21(29)26-24(25-18)31-17-22(30)27-12-14-28(15-13-27)23(19-8-4-2-5-9-19)20-10-6-3-7-11-20/h2-11,18,23-25H,12-17H2,1H3,(H,26,29). The van der Waals surface area contributed by atoms with Crippen molar-refractivity contribution in [3.8, 4) is 0 Å². The van der Waals surface area contributed by atoms with Crippen molar-refractivity contribution in [2.75, 3.05) is 31.9 Å². The predicted octanol–water partition coefficient (Wildman–Crippen LogP) is 2.43. The van der Waals surface area contributed by atoms with Crippen LogP contribution in [0.2, 0.25) is 0 Å². The van der Waals surface area contributed by atoms with E-state index in [2.05, 4.69) is 64.1 Å². The molecule has 2 heterocycles. The Labute approximate surface area is 188 Å². The van der Waals surface area contributed by atoms with E-state index in [0.29, 0.717) is 12.2 Å². The average molecular weight is 439 g/mol. The summed E-state index contributed by atoms with van der Waals surface area (Å²) in [5.41, 5.74) is 2.36. The van der Waals surface area contributed by atoms with Gasteiger partial charge in [-0.1, -0.05) is 60.7 Å². The highest BCUT2D eigenvalue weighted by molar-refractivity contribution is 8.00. The van der Waals surface area contributed by atoms with Gasteiger partial charge in [-0.05, 0) is 18.1 Å². The molecule has 2 aliphatic heterocycles. The molecule has 0 radical (unpaired) electrons. The molecule has 0 saturated carbocycles. The third-order valence-corrected chi connectivity index (χ3v) is 6.86. The molecular weight excluding hydrogens is 408 g/mol. The van der Waals surface area contributed by atoms with Crippen LogP contribution in [0.3, 0.4) is 0 Å². The second kappa shape index (κ2) is 10.3. The third-order valence-electron chi connectivity index (χ3n) is 5.86. The fourth-order valence-corrected chi connectivity index (χ4v) is 5.33. The lowest BCUT2D eigenvalue weighted by Gasteiger charge is -2.40. The van der Waals surface area contributed by atoms with Crippen LogP contribution >= 0.6 is 11.8 Å². The summed E-state index contributed by atoms with van der Waals surface area (Å²) in [6.07, 6.45) is 0.483. The molecule has 6 nitrogen and oxygen atoms in total. The van der Waals surface area contributed by atoms with Gasteiger partial charge in [0.2, 0.25) is 11.8 Å². The first-order valence-corrected chi connectivity index (χ1v) is 11.9. The second-order valence-electron chi connectivity index (χ2n) is 8.17. The number of carbonyl (C=O) groups is 2. The zero-order chi connectivity index (χ0) is 21.6. The first-order chi connectivity index (χ1) is 15.1. The van der Waals surface area contributed by atoms with Crippen molar-refractivity contribution in [2.24, 2.45) is 0 Å². The number of thioether (sulfide) groups is 1. The van der Waals surface area contributed by atoms with Crippen LogP contribution in [-0.2, 0) is 9.59 Å². The van der Waals surface area contributed by atoms with Crippen molar-refractivity contribution in [3.63, 3.8) is 0 Å². The van der Waals surface area contributed by atoms with Crippen LogP contribution in [0.4, 0.5) is 0 Å². The quantitative estimate of drug-likeness (QED) is 0.725. The van der Waals surface area contributed by atoms with Gasteiger partial charge in [-0.2, -0.15) is 0 Å². The molecule has 2 atom stereocenters. The van der Waals surface area contributed by atoms with E-state index in [-0.39, 0.29) is 29.4 Å². The number of nitrogens with one attached hydrogen (secondary N) is 2. The van der Waals surface area contributed by atoms with Gasteiger partial charge < -0.3 is 10.2 Å². The summed E-state index contributed by atoms with van der Waals surface area (Å²) in [7, 11) is 0. The SMILES string of the molecule is CC1CC(=O)NC(SCC(=O)N2CCN(C(c3ccccc3)c3ccccc3)CC2)N1. The number of piperazine rings is 1. The van der Waals surface area contributed by atoms with Gasteiger partial charge in [-0.25, -0.2) is 0 Å². The van der Waals surface area contributed by atoms with E-state index in [0.717, 1.165) is 26.2 Å². The summed E-state index contributed by atoms with van der Waals surface area (Å²) >= 11 is 1.46. The van der Waals surface area contributed by atoms with Crippen LogP contribution in [0.5, 0.6) is 0 Å². The van der Waals surface area contributed by atoms with E-state index in [1.54, 1.807) is 0 Å². The minimum Gasteiger partial charge on any atom is -0.339 e. The highest BCUT2D eigenvalue weighted by Gasteiger charge is 2.29. The Balaban J connectivity index is 1.34. The maximum atomic E-state index is 12.8. The molecule has 2 aromatic carbocycles. The van der Waals surface area contributed by atoms with Crippen molar-refractivity contribution in [3.05, 3.63) is 71.8 Å². The Hall–Kier alpha value is -2.35. The molecule has 0 bridgehead atoms. The molecule has 2 aromatic rings. The number of nitrogens with zero attached hydrogens (tertiary/aromatic N) is 2. The number of hydrogen-bond donors (Lipinski definition) is 2. The molecule has 4 rings (SSSR count). The number of carbonyl (C=O) groups excluding carboxylic acids is 2. The van der Waals surface area contributed by atoms with E-state index in [9.17, 15) is 9.59 Å². The van der Waals surface area contributed by atoms with Crippen LogP contribution < -0.4 is 10.6 Å². The zero-order valence-electron chi connectivity index (χ0n) is 17.9. The number of hydrogen-bond acceptors (Lipinski definition) is 5. The van der Waals surface area contributed by atoms with Gasteiger partial charge in [-0.15, -0.1) is 11.8 Å². The molecule has 2 amide bonds. The van der Waals surface area contributed by atoms with Crippen LogP contribution in [0.25, 0.3) is 0 Å². The molecular formula is C24H30N4O2S. The van der Waals surface area contributed by atoms with Gasteiger partial charge in [0.1, 0.15) is 5.50 Å². The largest absolute Gasteiger partial charge is 0.339 e. The third kappa shape index (κ3) is 5.67. The lowest BCUT2D eigenvalue weighted by molar-refractivity contribution is -0.130. The minimum atomic E-state index is -0.193. The fourth-order valence-electron chi connectivity index (χ4n) is 4.29. The van der Waals surface area contributed by atoms with E-state index < -0.39 is 0 Å². The second-order valence-corrected chi connectivity index (χ2v) is 9.26. The van der Waals surface area contributed by atoms with Crippen LogP contribution in [0.15, 0.2) is 60.7 Å². The maximum Gasteiger partial charge on any atom is 0.232 e. The molecule has 0 aliphatic carbocycles. The molecule has 2 saturated heterocycles. The minimum absolute atomic E-state index is 0.0395. The molecule has 7 heteroatoms. The monoisotopic (exact) mass is 438 g/mol. The molecule has 2 fully saturated rings. The Morgan fingerprint density at radius 2 is 1.58 bits per heavy atom. The van der Waals surface area contributed by atoms with Crippen molar-refractivity contribution in [1.29, 1.82) is 0 Å². The summed E-state index contributed by atoms with van der Waals surface area (Å²) in [6.45, 7) is 5.09. The Morgan fingerprint density at radius 3 is 2.13 bits per heavy atom. The molecule has 0 aromatic heterocycles. The van der Waals surface area contributed by atoms with Crippen molar-refractivity contribution < 1.29 is 9.59 Å². The lowest BCUT2D eigenvalue weighted by Crippen LogP contribution is -2.54. The van der Waals surface area contributed by atoms with Crippen LogP contribution in [0.1, 0.15) is 30.5 Å². The van der Waals surface area contributed by atoms with Gasteiger partial charge in [0.15, 0.2) is 0 Å². The maximum absolute atomic E-state index is 12.8. The van der Waals surface area contributed by atoms with Gasteiger partial charge in [0.25, 0.3) is 0 Å². The topological polar surface area (TPSA) is 64.7 Å². The summed E-state index contributed by atoms with van der Waals surface area (Å²) in [5, 5.41) is 6.21. The number of benzene rings is 2. The Bertz CT molecular complexity index is 832. The fraction of sp³-hybridized carbons (Fsp3) is 0.417. The molecule has 2 N–H and O–H groups in total. The predicted molar refractivity (Wildman–Crippen MR) is 124 cm³/mol. The summed E-state index contributed by atoms with van der Waals surface area (Å²) < 4.78 is 0. The van der Waals surface area contributed by atoms with Gasteiger partial charge in [0.05, 0.1) is 11.8 Å². The average Bonchev–Trinajstić information content (AvgIpc) is 2.79. The molecule has 2 unspecified atom stereocenters. The summed E-state index contributed by atoms with van der Waals surface area (Å²) in [4.78, 5) is 28.9. The number of amides is 2. The molecule has 31 heavy (non-hydrogen) atoms. The molecule has 2 aliphatic rings. The van der Waals surface area contributed by atoms with Crippen molar-refractivity contribution in [1.82, 2.24) is 20.4 Å². The Kier molecular flexibility index (Phi) is 7.27. The van der Waals surface area contributed by atoms with Gasteiger partial charge in [-0.3, -0.25) is 19.8 Å². The highest BCUT2D eigenvalue weighted by atomic mass is 32.2. The van der Waals surface area contributed by atoms with Crippen molar-refractivity contribution in [2.45, 2.75) is 30.9 Å².